The first-order valence-electron chi connectivity index (χ1n) is 5.82. The summed E-state index contributed by atoms with van der Waals surface area (Å²) in [6, 6.07) is 3.59. The van der Waals surface area contributed by atoms with Crippen LogP contribution in [0.3, 0.4) is 0 Å². The van der Waals surface area contributed by atoms with Crippen LogP contribution >= 0.6 is 28.3 Å². The van der Waals surface area contributed by atoms with Crippen molar-refractivity contribution in [2.75, 3.05) is 19.6 Å². The molecule has 0 saturated heterocycles. The lowest BCUT2D eigenvalue weighted by molar-refractivity contribution is 0.577. The molecule has 0 aromatic heterocycles. The summed E-state index contributed by atoms with van der Waals surface area (Å²) in [4.78, 5) is -0.0814. The summed E-state index contributed by atoms with van der Waals surface area (Å²) in [5, 5.41) is 3.15. The summed E-state index contributed by atoms with van der Waals surface area (Å²) >= 11 is 3.12. The van der Waals surface area contributed by atoms with Crippen molar-refractivity contribution in [1.82, 2.24) is 10.0 Å². The van der Waals surface area contributed by atoms with Gasteiger partial charge in [0.1, 0.15) is 5.82 Å². The normalized spacial score (nSPS) is 15.4. The molecule has 0 saturated carbocycles. The predicted molar refractivity (Wildman–Crippen MR) is 82.1 cm³/mol. The minimum absolute atomic E-state index is 0. The van der Waals surface area contributed by atoms with Crippen molar-refractivity contribution in [2.45, 2.75) is 11.3 Å². The molecule has 112 valence electrons. The number of rotatable bonds is 4. The summed E-state index contributed by atoms with van der Waals surface area (Å²) in [7, 11) is -3.71. The van der Waals surface area contributed by atoms with E-state index in [1.807, 2.05) is 6.08 Å². The summed E-state index contributed by atoms with van der Waals surface area (Å²) in [6.45, 7) is 1.85. The van der Waals surface area contributed by atoms with E-state index in [1.54, 1.807) is 0 Å². The molecule has 0 bridgehead atoms. The van der Waals surface area contributed by atoms with E-state index in [-0.39, 0.29) is 23.8 Å². The van der Waals surface area contributed by atoms with Gasteiger partial charge in [-0.05, 0) is 47.1 Å². The molecule has 0 unspecified atom stereocenters. The van der Waals surface area contributed by atoms with Crippen LogP contribution in [0.4, 0.5) is 4.39 Å². The number of hydrogen-bond acceptors (Lipinski definition) is 3. The zero-order valence-electron chi connectivity index (χ0n) is 10.5. The Morgan fingerprint density at radius 2 is 2.15 bits per heavy atom. The van der Waals surface area contributed by atoms with Crippen LogP contribution in [0.2, 0.25) is 0 Å². The molecule has 2 rings (SSSR count). The van der Waals surface area contributed by atoms with E-state index in [1.165, 1.54) is 12.1 Å². The lowest BCUT2D eigenvalue weighted by Crippen LogP contribution is -2.30. The predicted octanol–water partition coefficient (Wildman–Crippen LogP) is 2.21. The van der Waals surface area contributed by atoms with Gasteiger partial charge in [0, 0.05) is 17.6 Å². The molecule has 0 atom stereocenters. The fraction of sp³-hybridized carbons (Fsp3) is 0.333. The third-order valence-corrected chi connectivity index (χ3v) is 5.23. The highest BCUT2D eigenvalue weighted by Crippen LogP contribution is 2.22. The van der Waals surface area contributed by atoms with Gasteiger partial charge < -0.3 is 5.32 Å². The van der Waals surface area contributed by atoms with Gasteiger partial charge in [-0.1, -0.05) is 11.6 Å². The third-order valence-electron chi connectivity index (χ3n) is 2.83. The van der Waals surface area contributed by atoms with Crippen molar-refractivity contribution in [2.24, 2.45) is 0 Å². The summed E-state index contributed by atoms with van der Waals surface area (Å²) in [5.74, 6) is -0.579. The SMILES string of the molecule is Cl.O=S(=O)(NCC1=CCNCC1)c1cc(F)ccc1Br. The molecule has 1 aliphatic rings. The monoisotopic (exact) mass is 384 g/mol. The van der Waals surface area contributed by atoms with Crippen LogP contribution in [0.5, 0.6) is 0 Å². The molecule has 8 heteroatoms. The number of benzene rings is 1. The first kappa shape index (κ1) is 17.6. The molecular weight excluding hydrogens is 371 g/mol. The number of halogens is 3. The van der Waals surface area contributed by atoms with Crippen molar-refractivity contribution in [3.05, 3.63) is 40.1 Å². The molecule has 2 N–H and O–H groups in total. The Bertz CT molecular complexity index is 607. The second-order valence-electron chi connectivity index (χ2n) is 4.22. The number of nitrogens with one attached hydrogen (secondary N) is 2. The molecule has 0 spiro atoms. The molecule has 0 radical (unpaired) electrons. The van der Waals surface area contributed by atoms with Crippen LogP contribution in [0.25, 0.3) is 0 Å². The maximum atomic E-state index is 13.1. The van der Waals surface area contributed by atoms with Gasteiger partial charge in [-0.3, -0.25) is 0 Å². The smallest absolute Gasteiger partial charge is 0.242 e. The Morgan fingerprint density at radius 1 is 1.40 bits per heavy atom. The number of hydrogen-bond donors (Lipinski definition) is 2. The van der Waals surface area contributed by atoms with Crippen LogP contribution in [0.15, 0.2) is 39.2 Å². The maximum absolute atomic E-state index is 13.1. The van der Waals surface area contributed by atoms with Gasteiger partial charge in [0.25, 0.3) is 0 Å². The van der Waals surface area contributed by atoms with E-state index < -0.39 is 15.8 Å². The summed E-state index contributed by atoms with van der Waals surface area (Å²) < 4.78 is 40.2. The van der Waals surface area contributed by atoms with E-state index in [9.17, 15) is 12.8 Å². The van der Waals surface area contributed by atoms with Gasteiger partial charge in [-0.2, -0.15) is 0 Å². The molecular formula is C12H15BrClFN2O2S. The van der Waals surface area contributed by atoms with Crippen LogP contribution in [-0.4, -0.2) is 28.1 Å². The highest BCUT2D eigenvalue weighted by molar-refractivity contribution is 9.10. The van der Waals surface area contributed by atoms with Crippen molar-refractivity contribution in [3.8, 4) is 0 Å². The van der Waals surface area contributed by atoms with E-state index in [0.717, 1.165) is 31.1 Å². The van der Waals surface area contributed by atoms with Crippen LogP contribution in [0, 0.1) is 5.82 Å². The topological polar surface area (TPSA) is 58.2 Å². The lowest BCUT2D eigenvalue weighted by atomic mass is 10.1. The minimum Gasteiger partial charge on any atom is -0.313 e. The van der Waals surface area contributed by atoms with E-state index in [4.69, 9.17) is 0 Å². The Labute approximate surface area is 132 Å². The highest BCUT2D eigenvalue weighted by Gasteiger charge is 2.18. The lowest BCUT2D eigenvalue weighted by Gasteiger charge is -2.15. The fourth-order valence-corrected chi connectivity index (χ4v) is 3.79. The van der Waals surface area contributed by atoms with Gasteiger partial charge in [0.15, 0.2) is 0 Å². The van der Waals surface area contributed by atoms with E-state index in [2.05, 4.69) is 26.0 Å². The Balaban J connectivity index is 0.00000200. The third kappa shape index (κ3) is 4.53. The molecule has 1 aromatic carbocycles. The molecule has 1 aliphatic heterocycles. The molecule has 0 amide bonds. The Kier molecular flexibility index (Phi) is 6.60. The molecule has 20 heavy (non-hydrogen) atoms. The van der Waals surface area contributed by atoms with Crippen molar-refractivity contribution < 1.29 is 12.8 Å². The summed E-state index contributed by atoms with van der Waals surface area (Å²) in [5.41, 5.74) is 1.04. The molecule has 1 heterocycles. The van der Waals surface area contributed by atoms with Crippen LogP contribution < -0.4 is 10.0 Å². The van der Waals surface area contributed by atoms with Gasteiger partial charge >= 0.3 is 0 Å². The van der Waals surface area contributed by atoms with Crippen LogP contribution in [0.1, 0.15) is 6.42 Å². The van der Waals surface area contributed by atoms with Crippen molar-refractivity contribution in [3.63, 3.8) is 0 Å². The largest absolute Gasteiger partial charge is 0.313 e. The maximum Gasteiger partial charge on any atom is 0.242 e. The fourth-order valence-electron chi connectivity index (χ4n) is 1.78. The second-order valence-corrected chi connectivity index (χ2v) is 6.81. The van der Waals surface area contributed by atoms with Gasteiger partial charge in [-0.15, -0.1) is 12.4 Å². The highest BCUT2D eigenvalue weighted by atomic mass is 79.9. The first-order valence-corrected chi connectivity index (χ1v) is 8.10. The number of sulfonamides is 1. The zero-order valence-corrected chi connectivity index (χ0v) is 13.7. The zero-order chi connectivity index (χ0) is 13.9. The van der Waals surface area contributed by atoms with Crippen molar-refractivity contribution in [1.29, 1.82) is 0 Å². The van der Waals surface area contributed by atoms with Crippen LogP contribution in [-0.2, 0) is 10.0 Å². The summed E-state index contributed by atoms with van der Waals surface area (Å²) in [6.07, 6.45) is 2.78. The molecule has 0 aliphatic carbocycles. The molecule has 0 fully saturated rings. The molecule has 4 nitrogen and oxygen atoms in total. The van der Waals surface area contributed by atoms with Gasteiger partial charge in [0.2, 0.25) is 10.0 Å². The first-order chi connectivity index (χ1) is 8.99. The van der Waals surface area contributed by atoms with Gasteiger partial charge in [0.05, 0.1) is 4.90 Å². The Morgan fingerprint density at radius 3 is 2.80 bits per heavy atom. The Hall–Kier alpha value is -0.470. The average Bonchev–Trinajstić information content (AvgIpc) is 2.40. The van der Waals surface area contributed by atoms with E-state index in [0.29, 0.717) is 4.47 Å². The van der Waals surface area contributed by atoms with E-state index >= 15 is 0 Å². The quantitative estimate of drug-likeness (QED) is 0.781. The van der Waals surface area contributed by atoms with Gasteiger partial charge in [-0.25, -0.2) is 17.5 Å². The second kappa shape index (κ2) is 7.51. The average molecular weight is 386 g/mol. The minimum atomic E-state index is -3.71. The molecule has 1 aromatic rings. The standard InChI is InChI=1S/C12H14BrFN2O2S.ClH/c13-11-2-1-10(14)7-12(11)19(17,18)16-8-9-3-5-15-6-4-9;/h1-3,7,15-16H,4-6,8H2;1H. The van der Waals surface area contributed by atoms with Crippen molar-refractivity contribution >= 4 is 38.4 Å².